The first-order chi connectivity index (χ1) is 8.26. The van der Waals surface area contributed by atoms with E-state index in [9.17, 15) is 0 Å². The molecule has 0 saturated carbocycles. The minimum absolute atomic E-state index is 0.111. The van der Waals surface area contributed by atoms with Crippen LogP contribution < -0.4 is 10.1 Å². The second-order valence-electron chi connectivity index (χ2n) is 3.86. The summed E-state index contributed by atoms with van der Waals surface area (Å²) in [6.07, 6.45) is 3.13. The molecular weight excluding hydrogens is 282 g/mol. The predicted molar refractivity (Wildman–Crippen MR) is 71.1 cm³/mol. The van der Waals surface area contributed by atoms with E-state index in [1.165, 1.54) is 0 Å². The third-order valence-electron chi connectivity index (χ3n) is 2.81. The quantitative estimate of drug-likeness (QED) is 0.927. The number of hydrogen-bond donors (Lipinski definition) is 1. The van der Waals surface area contributed by atoms with Crippen LogP contribution in [-0.2, 0) is 4.74 Å². The maximum absolute atomic E-state index is 5.61. The molecule has 1 aliphatic rings. The summed E-state index contributed by atoms with van der Waals surface area (Å²) in [5.74, 6) is 1.84. The van der Waals surface area contributed by atoms with Crippen LogP contribution in [0, 0.1) is 0 Å². The topological polar surface area (TPSA) is 30.5 Å². The van der Waals surface area contributed by atoms with E-state index in [-0.39, 0.29) is 6.04 Å². The number of likely N-dealkylation sites (N-methyl/N-ethyl adjacent to an activating group) is 1. The van der Waals surface area contributed by atoms with E-state index in [2.05, 4.69) is 33.4 Å². The molecular formula is C13H16BrNO2. The molecule has 3 nitrogen and oxygen atoms in total. The van der Waals surface area contributed by atoms with Gasteiger partial charge in [0.2, 0.25) is 0 Å². The summed E-state index contributed by atoms with van der Waals surface area (Å²) in [5.41, 5.74) is 1.16. The van der Waals surface area contributed by atoms with Crippen LogP contribution in [0.4, 0.5) is 0 Å². The molecule has 1 aromatic rings. The van der Waals surface area contributed by atoms with Gasteiger partial charge >= 0.3 is 0 Å². The molecule has 17 heavy (non-hydrogen) atoms. The Morgan fingerprint density at radius 1 is 1.47 bits per heavy atom. The van der Waals surface area contributed by atoms with Gasteiger partial charge in [-0.05, 0) is 46.7 Å². The second kappa shape index (κ2) is 5.56. The van der Waals surface area contributed by atoms with Crippen LogP contribution in [-0.4, -0.2) is 20.8 Å². The molecule has 92 valence electrons. The van der Waals surface area contributed by atoms with Gasteiger partial charge < -0.3 is 14.8 Å². The molecule has 0 fully saturated rings. The molecule has 1 heterocycles. The van der Waals surface area contributed by atoms with E-state index in [1.54, 1.807) is 7.11 Å². The predicted octanol–water partition coefficient (Wildman–Crippen LogP) is 3.02. The zero-order valence-corrected chi connectivity index (χ0v) is 11.6. The van der Waals surface area contributed by atoms with Crippen LogP contribution >= 0.6 is 15.9 Å². The monoisotopic (exact) mass is 297 g/mol. The van der Waals surface area contributed by atoms with Crippen LogP contribution in [0.15, 0.2) is 34.5 Å². The maximum atomic E-state index is 5.61. The highest BCUT2D eigenvalue weighted by atomic mass is 79.9. The number of halogens is 1. The fourth-order valence-electron chi connectivity index (χ4n) is 1.97. The highest BCUT2D eigenvalue weighted by molar-refractivity contribution is 9.10. The number of benzene rings is 1. The molecule has 1 aromatic carbocycles. The molecule has 4 heteroatoms. The fraction of sp³-hybridized carbons (Fsp3) is 0.385. The molecule has 0 spiro atoms. The number of nitrogens with one attached hydrogen (secondary N) is 1. The maximum Gasteiger partial charge on any atom is 0.133 e. The Bertz CT molecular complexity index is 431. The van der Waals surface area contributed by atoms with Crippen molar-refractivity contribution in [1.82, 2.24) is 5.32 Å². The van der Waals surface area contributed by atoms with Crippen molar-refractivity contribution in [3.8, 4) is 5.75 Å². The van der Waals surface area contributed by atoms with Gasteiger partial charge in [-0.2, -0.15) is 0 Å². The van der Waals surface area contributed by atoms with Crippen molar-refractivity contribution >= 4 is 15.9 Å². The molecule has 0 aromatic heterocycles. The van der Waals surface area contributed by atoms with Crippen molar-refractivity contribution in [2.24, 2.45) is 0 Å². The molecule has 1 aliphatic heterocycles. The third kappa shape index (κ3) is 2.64. The summed E-state index contributed by atoms with van der Waals surface area (Å²) >= 11 is 3.50. The molecule has 2 rings (SSSR count). The average Bonchev–Trinajstić information content (AvgIpc) is 2.84. The summed E-state index contributed by atoms with van der Waals surface area (Å²) in [6.45, 7) is 0.783. The smallest absolute Gasteiger partial charge is 0.133 e. The average molecular weight is 298 g/mol. The molecule has 1 unspecified atom stereocenters. The van der Waals surface area contributed by atoms with Crippen LogP contribution in [0.5, 0.6) is 5.75 Å². The van der Waals surface area contributed by atoms with E-state index in [0.29, 0.717) is 0 Å². The van der Waals surface area contributed by atoms with Crippen molar-refractivity contribution < 1.29 is 9.47 Å². The first-order valence-electron chi connectivity index (χ1n) is 5.60. The Balaban J connectivity index is 2.28. The van der Waals surface area contributed by atoms with Crippen molar-refractivity contribution in [3.63, 3.8) is 0 Å². The molecule has 1 atom stereocenters. The highest BCUT2D eigenvalue weighted by Crippen LogP contribution is 2.32. The summed E-state index contributed by atoms with van der Waals surface area (Å²) in [6, 6.07) is 6.18. The number of rotatable bonds is 4. The lowest BCUT2D eigenvalue weighted by atomic mass is 10.0. The Morgan fingerprint density at radius 2 is 2.29 bits per heavy atom. The van der Waals surface area contributed by atoms with Crippen LogP contribution in [0.25, 0.3) is 0 Å². The molecule has 0 aliphatic carbocycles. The van der Waals surface area contributed by atoms with E-state index >= 15 is 0 Å². The van der Waals surface area contributed by atoms with Gasteiger partial charge in [-0.15, -0.1) is 0 Å². The number of hydrogen-bond acceptors (Lipinski definition) is 3. The van der Waals surface area contributed by atoms with E-state index in [0.717, 1.165) is 34.6 Å². The first kappa shape index (κ1) is 12.5. The molecule has 1 N–H and O–H groups in total. The number of ether oxygens (including phenoxy) is 2. The molecule has 0 bridgehead atoms. The normalized spacial score (nSPS) is 16.3. The van der Waals surface area contributed by atoms with Gasteiger partial charge in [0.15, 0.2) is 0 Å². The van der Waals surface area contributed by atoms with Gasteiger partial charge in [0.1, 0.15) is 11.5 Å². The van der Waals surface area contributed by atoms with Gasteiger partial charge in [0, 0.05) is 6.42 Å². The summed E-state index contributed by atoms with van der Waals surface area (Å²) in [7, 11) is 3.60. The zero-order chi connectivity index (χ0) is 12.3. The fourth-order valence-corrected chi connectivity index (χ4v) is 2.53. The second-order valence-corrected chi connectivity index (χ2v) is 4.71. The van der Waals surface area contributed by atoms with Crippen molar-refractivity contribution in [2.45, 2.75) is 12.5 Å². The lowest BCUT2D eigenvalue weighted by Crippen LogP contribution is -2.19. The first-order valence-corrected chi connectivity index (χ1v) is 6.39. The van der Waals surface area contributed by atoms with Gasteiger partial charge in [0.05, 0.1) is 24.2 Å². The van der Waals surface area contributed by atoms with E-state index in [4.69, 9.17) is 9.47 Å². The van der Waals surface area contributed by atoms with Gasteiger partial charge in [0.25, 0.3) is 0 Å². The van der Waals surface area contributed by atoms with Crippen molar-refractivity contribution in [2.75, 3.05) is 20.8 Å². The van der Waals surface area contributed by atoms with Crippen molar-refractivity contribution in [1.29, 1.82) is 0 Å². The van der Waals surface area contributed by atoms with E-state index in [1.807, 2.05) is 19.2 Å². The largest absolute Gasteiger partial charge is 0.496 e. The Morgan fingerprint density at radius 3 is 2.82 bits per heavy atom. The Hall–Kier alpha value is -1.00. The SMILES string of the molecule is CNC(C1=CCCO1)c1ccc(OC)c(Br)c1. The lowest BCUT2D eigenvalue weighted by molar-refractivity contribution is 0.218. The zero-order valence-electron chi connectivity index (χ0n) is 10.00. The standard InChI is InChI=1S/C13H16BrNO2/c1-15-13(12-4-3-7-17-12)9-5-6-11(16-2)10(14)8-9/h4-6,8,13,15H,3,7H2,1-2H3. The van der Waals surface area contributed by atoms with Gasteiger partial charge in [-0.25, -0.2) is 0 Å². The van der Waals surface area contributed by atoms with Crippen LogP contribution in [0.1, 0.15) is 18.0 Å². The molecule has 0 amide bonds. The number of methoxy groups -OCH3 is 1. The summed E-state index contributed by atoms with van der Waals surface area (Å²) in [4.78, 5) is 0. The van der Waals surface area contributed by atoms with Crippen LogP contribution in [0.2, 0.25) is 0 Å². The lowest BCUT2D eigenvalue weighted by Gasteiger charge is -2.18. The van der Waals surface area contributed by atoms with Crippen LogP contribution in [0.3, 0.4) is 0 Å². The Kier molecular flexibility index (Phi) is 4.07. The van der Waals surface area contributed by atoms with Crippen molar-refractivity contribution in [3.05, 3.63) is 40.1 Å². The summed E-state index contributed by atoms with van der Waals surface area (Å²) < 4.78 is 11.8. The molecule has 0 saturated heterocycles. The van der Waals surface area contributed by atoms with Gasteiger partial charge in [-0.3, -0.25) is 0 Å². The minimum atomic E-state index is 0.111. The van der Waals surface area contributed by atoms with E-state index < -0.39 is 0 Å². The molecule has 0 radical (unpaired) electrons. The highest BCUT2D eigenvalue weighted by Gasteiger charge is 2.19. The minimum Gasteiger partial charge on any atom is -0.496 e. The Labute approximate surface area is 110 Å². The summed E-state index contributed by atoms with van der Waals surface area (Å²) in [5, 5.41) is 3.27. The third-order valence-corrected chi connectivity index (χ3v) is 3.43. The van der Waals surface area contributed by atoms with Gasteiger partial charge in [-0.1, -0.05) is 6.07 Å².